The van der Waals surface area contributed by atoms with Gasteiger partial charge in [-0.15, -0.1) is 5.10 Å². The van der Waals surface area contributed by atoms with Gasteiger partial charge in [0.25, 0.3) is 0 Å². The van der Waals surface area contributed by atoms with Crippen LogP contribution in [0.4, 0.5) is 5.69 Å². The van der Waals surface area contributed by atoms with Crippen LogP contribution < -0.4 is 10.3 Å². The average Bonchev–Trinajstić information content (AvgIpc) is 3.23. The second-order valence-corrected chi connectivity index (χ2v) is 7.18. The lowest BCUT2D eigenvalue weighted by Gasteiger charge is -2.15. The predicted octanol–water partition coefficient (Wildman–Crippen LogP) is 2.93. The molecule has 4 rings (SSSR count). The zero-order valence-electron chi connectivity index (χ0n) is 14.0. The first-order valence-corrected chi connectivity index (χ1v) is 9.48. The molecule has 3 aromatic rings. The molecule has 1 fully saturated rings. The molecule has 0 atom stereocenters. The number of halogens is 1. The van der Waals surface area contributed by atoms with E-state index in [9.17, 15) is 9.59 Å². The second-order valence-electron chi connectivity index (χ2n) is 5.80. The Hall–Kier alpha value is -2.84. The zero-order valence-corrected chi connectivity index (χ0v) is 15.5. The molecule has 1 aliphatic rings. The monoisotopic (exact) mass is 399 g/mol. The summed E-state index contributed by atoms with van der Waals surface area (Å²) < 4.78 is 0. The van der Waals surface area contributed by atoms with Gasteiger partial charge >= 0.3 is 0 Å². The smallest absolute Gasteiger partial charge is 0.247 e. The van der Waals surface area contributed by atoms with Gasteiger partial charge in [0.15, 0.2) is 5.17 Å². The Bertz CT molecular complexity index is 1010. The Kier molecular flexibility index (Phi) is 4.83. The van der Waals surface area contributed by atoms with Crippen LogP contribution in [0.5, 0.6) is 0 Å². The maximum absolute atomic E-state index is 12.2. The van der Waals surface area contributed by atoms with E-state index in [1.807, 2.05) is 24.3 Å². The Morgan fingerprint density at radius 2 is 2.04 bits per heavy atom. The fourth-order valence-corrected chi connectivity index (χ4v) is 3.63. The SMILES string of the molecule is O=C(Cc1nc2ccccc2[nH]1)N/N=C1\SCC(=O)N1c1ccc(Cl)cc1. The molecule has 1 aromatic heterocycles. The van der Waals surface area contributed by atoms with Crippen LogP contribution in [0.2, 0.25) is 5.02 Å². The summed E-state index contributed by atoms with van der Waals surface area (Å²) in [7, 11) is 0. The molecular weight excluding hydrogens is 386 g/mol. The fourth-order valence-electron chi connectivity index (χ4n) is 2.68. The van der Waals surface area contributed by atoms with E-state index in [0.717, 1.165) is 11.0 Å². The van der Waals surface area contributed by atoms with Crippen molar-refractivity contribution in [1.82, 2.24) is 15.4 Å². The minimum atomic E-state index is -0.322. The molecule has 1 aliphatic heterocycles. The molecule has 0 bridgehead atoms. The van der Waals surface area contributed by atoms with Crippen LogP contribution in [-0.2, 0) is 16.0 Å². The van der Waals surface area contributed by atoms with Gasteiger partial charge < -0.3 is 4.98 Å². The van der Waals surface area contributed by atoms with Crippen LogP contribution in [0.25, 0.3) is 11.0 Å². The van der Waals surface area contributed by atoms with Crippen molar-refractivity contribution in [2.45, 2.75) is 6.42 Å². The summed E-state index contributed by atoms with van der Waals surface area (Å²) in [6, 6.07) is 14.4. The summed E-state index contributed by atoms with van der Waals surface area (Å²) in [5.41, 5.74) is 4.83. The number of rotatable bonds is 4. The highest BCUT2D eigenvalue weighted by Crippen LogP contribution is 2.27. The van der Waals surface area contributed by atoms with Crippen LogP contribution in [0.1, 0.15) is 5.82 Å². The molecule has 0 aliphatic carbocycles. The molecule has 136 valence electrons. The summed E-state index contributed by atoms with van der Waals surface area (Å²) >= 11 is 7.16. The summed E-state index contributed by atoms with van der Waals surface area (Å²) in [5.74, 6) is 0.393. The van der Waals surface area contributed by atoms with E-state index in [1.165, 1.54) is 16.7 Å². The third-order valence-electron chi connectivity index (χ3n) is 3.89. The van der Waals surface area contributed by atoms with E-state index in [4.69, 9.17) is 11.6 Å². The first-order valence-electron chi connectivity index (χ1n) is 8.11. The van der Waals surface area contributed by atoms with Gasteiger partial charge in [-0.05, 0) is 36.4 Å². The number of H-pyrrole nitrogens is 1. The van der Waals surface area contributed by atoms with Gasteiger partial charge in [-0.25, -0.2) is 10.4 Å². The number of nitrogens with zero attached hydrogens (tertiary/aromatic N) is 3. The minimum absolute atomic E-state index is 0.0605. The first-order chi connectivity index (χ1) is 13.1. The second kappa shape index (κ2) is 7.42. The Morgan fingerprint density at radius 1 is 1.26 bits per heavy atom. The number of hydrazone groups is 1. The topological polar surface area (TPSA) is 90.5 Å². The molecule has 0 radical (unpaired) electrons. The van der Waals surface area contributed by atoms with E-state index in [-0.39, 0.29) is 24.0 Å². The Morgan fingerprint density at radius 3 is 2.81 bits per heavy atom. The molecule has 27 heavy (non-hydrogen) atoms. The van der Waals surface area contributed by atoms with Crippen LogP contribution in [0.3, 0.4) is 0 Å². The number of anilines is 1. The molecule has 9 heteroatoms. The lowest BCUT2D eigenvalue weighted by Crippen LogP contribution is -2.31. The van der Waals surface area contributed by atoms with Crippen molar-refractivity contribution in [3.05, 3.63) is 59.4 Å². The largest absolute Gasteiger partial charge is 0.342 e. The minimum Gasteiger partial charge on any atom is -0.342 e. The highest BCUT2D eigenvalue weighted by Gasteiger charge is 2.30. The zero-order chi connectivity index (χ0) is 18.8. The lowest BCUT2D eigenvalue weighted by atomic mass is 10.3. The number of hydrogen-bond acceptors (Lipinski definition) is 5. The highest BCUT2D eigenvalue weighted by molar-refractivity contribution is 8.15. The van der Waals surface area contributed by atoms with Crippen molar-refractivity contribution in [1.29, 1.82) is 0 Å². The summed E-state index contributed by atoms with van der Waals surface area (Å²) in [6.45, 7) is 0. The van der Waals surface area contributed by atoms with Gasteiger partial charge in [0.2, 0.25) is 11.8 Å². The van der Waals surface area contributed by atoms with E-state index in [2.05, 4.69) is 20.5 Å². The summed E-state index contributed by atoms with van der Waals surface area (Å²) in [6.07, 6.45) is 0.0605. The maximum atomic E-state index is 12.2. The molecule has 0 spiro atoms. The quantitative estimate of drug-likeness (QED) is 0.660. The van der Waals surface area contributed by atoms with Crippen LogP contribution >= 0.6 is 23.4 Å². The number of hydrogen-bond donors (Lipinski definition) is 2. The third kappa shape index (κ3) is 3.81. The highest BCUT2D eigenvalue weighted by atomic mass is 35.5. The molecule has 2 aromatic carbocycles. The van der Waals surface area contributed by atoms with Crippen molar-refractivity contribution in [3.63, 3.8) is 0 Å². The number of aromatic amines is 1. The average molecular weight is 400 g/mol. The number of fused-ring (bicyclic) bond motifs is 1. The van der Waals surface area contributed by atoms with Crippen molar-refractivity contribution in [3.8, 4) is 0 Å². The summed E-state index contributed by atoms with van der Waals surface area (Å²) in [4.78, 5) is 33.3. The van der Waals surface area contributed by atoms with E-state index in [1.54, 1.807) is 24.3 Å². The molecule has 7 nitrogen and oxygen atoms in total. The lowest BCUT2D eigenvalue weighted by molar-refractivity contribution is -0.120. The first kappa shape index (κ1) is 17.6. The number of aromatic nitrogens is 2. The van der Waals surface area contributed by atoms with Crippen LogP contribution in [-0.4, -0.2) is 32.7 Å². The normalized spacial score (nSPS) is 15.7. The number of carbonyl (C=O) groups excluding carboxylic acids is 2. The molecular formula is C18H14ClN5O2S. The standard InChI is InChI=1S/C18H14ClN5O2S/c19-11-5-7-12(8-6-11)24-17(26)10-27-18(24)23-22-16(25)9-15-20-13-3-1-2-4-14(13)21-15/h1-8H,9-10H2,(H,20,21)(H,22,25)/b23-18-. The van der Waals surface area contributed by atoms with Gasteiger partial charge in [-0.1, -0.05) is 35.5 Å². The number of amides is 2. The van der Waals surface area contributed by atoms with Gasteiger partial charge in [0.1, 0.15) is 5.82 Å². The van der Waals surface area contributed by atoms with Crippen molar-refractivity contribution in [2.75, 3.05) is 10.7 Å². The predicted molar refractivity (Wildman–Crippen MR) is 107 cm³/mol. The molecule has 0 unspecified atom stereocenters. The number of amidine groups is 1. The molecule has 2 heterocycles. The molecule has 2 amide bonds. The van der Waals surface area contributed by atoms with E-state index < -0.39 is 0 Å². The Labute approximate surface area is 163 Å². The van der Waals surface area contributed by atoms with Crippen LogP contribution in [0.15, 0.2) is 53.6 Å². The summed E-state index contributed by atoms with van der Waals surface area (Å²) in [5, 5.41) is 5.11. The number of benzene rings is 2. The third-order valence-corrected chi connectivity index (χ3v) is 5.07. The van der Waals surface area contributed by atoms with Gasteiger partial charge in [-0.2, -0.15) is 0 Å². The van der Waals surface area contributed by atoms with Crippen molar-refractivity contribution < 1.29 is 9.59 Å². The van der Waals surface area contributed by atoms with Gasteiger partial charge in [-0.3, -0.25) is 14.5 Å². The number of para-hydroxylation sites is 2. The molecule has 1 saturated heterocycles. The number of carbonyl (C=O) groups is 2. The molecule has 0 saturated carbocycles. The number of imidazole rings is 1. The van der Waals surface area contributed by atoms with E-state index in [0.29, 0.717) is 21.7 Å². The maximum Gasteiger partial charge on any atom is 0.247 e. The number of nitrogens with one attached hydrogen (secondary N) is 2. The van der Waals surface area contributed by atoms with Gasteiger partial charge in [0.05, 0.1) is 28.9 Å². The van der Waals surface area contributed by atoms with Crippen LogP contribution in [0, 0.1) is 0 Å². The Balaban J connectivity index is 1.46. The van der Waals surface area contributed by atoms with Crippen molar-refractivity contribution in [2.24, 2.45) is 5.10 Å². The van der Waals surface area contributed by atoms with Gasteiger partial charge in [0, 0.05) is 5.02 Å². The number of thioether (sulfide) groups is 1. The van der Waals surface area contributed by atoms with E-state index >= 15 is 0 Å². The fraction of sp³-hybridized carbons (Fsp3) is 0.111. The van der Waals surface area contributed by atoms with Crippen molar-refractivity contribution >= 4 is 57.1 Å². The molecule has 2 N–H and O–H groups in total.